The molecule has 2 aliphatic heterocycles. The third kappa shape index (κ3) is 5.31. The van der Waals surface area contributed by atoms with Crippen LogP contribution in [0.4, 0.5) is 10.6 Å². The molecule has 2 saturated heterocycles. The molecule has 0 bridgehead atoms. The fourth-order valence-electron chi connectivity index (χ4n) is 5.43. The molecule has 0 saturated carbocycles. The first-order valence-electron chi connectivity index (χ1n) is 13.8. The first kappa shape index (κ1) is 26.1. The van der Waals surface area contributed by atoms with E-state index in [9.17, 15) is 4.79 Å². The molecule has 0 unspecified atom stereocenters. The number of piperidine rings is 1. The zero-order chi connectivity index (χ0) is 27.9. The van der Waals surface area contributed by atoms with Crippen molar-refractivity contribution in [3.63, 3.8) is 0 Å². The number of carbonyl (C=O) groups excluding carboxylic acids is 1. The molecule has 10 nitrogen and oxygen atoms in total. The van der Waals surface area contributed by atoms with E-state index in [-0.39, 0.29) is 12.1 Å². The first-order valence-corrected chi connectivity index (χ1v) is 13.8. The van der Waals surface area contributed by atoms with E-state index in [4.69, 9.17) is 20.3 Å². The minimum Gasteiger partial charge on any atom is -0.457 e. The van der Waals surface area contributed by atoms with Crippen LogP contribution in [0.25, 0.3) is 22.3 Å². The van der Waals surface area contributed by atoms with Gasteiger partial charge in [0.1, 0.15) is 34.9 Å². The van der Waals surface area contributed by atoms with E-state index in [2.05, 4.69) is 14.9 Å². The summed E-state index contributed by atoms with van der Waals surface area (Å²) >= 11 is 0. The number of aromatic nitrogens is 4. The normalized spacial score (nSPS) is 18.5. The van der Waals surface area contributed by atoms with E-state index in [0.717, 1.165) is 59.7 Å². The standard InChI is InChI=1S/C30H35N7O3/c1-30(2,3)40-29(38)36-17-22(18-36)35-15-7-8-21(16-35)37-28-25(27(31)32-19-33-28)26(34-37)20-11-13-24(14-12-20)39-23-9-5-4-6-10-23/h4-6,9-14,19,21-22H,7-8,15-18H2,1-3H3,(H2,31,32,33)/t21-/m1/s1. The molecule has 208 valence electrons. The Balaban J connectivity index is 1.21. The van der Waals surface area contributed by atoms with Gasteiger partial charge in [0, 0.05) is 31.2 Å². The van der Waals surface area contributed by atoms with Crippen molar-refractivity contribution in [3.8, 4) is 22.8 Å². The molecule has 2 aromatic heterocycles. The minimum atomic E-state index is -0.490. The zero-order valence-electron chi connectivity index (χ0n) is 23.2. The largest absolute Gasteiger partial charge is 0.457 e. The van der Waals surface area contributed by atoms with Gasteiger partial charge < -0.3 is 20.1 Å². The molecule has 2 fully saturated rings. The molecule has 1 atom stereocenters. The highest BCUT2D eigenvalue weighted by atomic mass is 16.6. The Morgan fingerprint density at radius 2 is 1.68 bits per heavy atom. The van der Waals surface area contributed by atoms with Crippen LogP contribution in [0.2, 0.25) is 0 Å². The van der Waals surface area contributed by atoms with E-state index in [1.807, 2.05) is 80.1 Å². The summed E-state index contributed by atoms with van der Waals surface area (Å²) in [6, 6.07) is 18.0. The molecule has 2 N–H and O–H groups in total. The number of anilines is 1. The highest BCUT2D eigenvalue weighted by molar-refractivity contribution is 5.98. The monoisotopic (exact) mass is 541 g/mol. The Kier molecular flexibility index (Phi) is 6.79. The van der Waals surface area contributed by atoms with Crippen molar-refractivity contribution in [2.45, 2.75) is 51.3 Å². The van der Waals surface area contributed by atoms with E-state index in [1.54, 1.807) is 4.90 Å². The number of fused-ring (bicyclic) bond motifs is 1. The number of carbonyl (C=O) groups is 1. The lowest BCUT2D eigenvalue weighted by Crippen LogP contribution is -2.63. The number of para-hydroxylation sites is 1. The molecule has 40 heavy (non-hydrogen) atoms. The maximum atomic E-state index is 12.4. The number of nitrogen functional groups attached to an aromatic ring is 1. The van der Waals surface area contributed by atoms with Gasteiger partial charge in [-0.25, -0.2) is 19.4 Å². The molecule has 1 amide bonds. The Bertz CT molecular complexity index is 1490. The summed E-state index contributed by atoms with van der Waals surface area (Å²) in [7, 11) is 0. The highest BCUT2D eigenvalue weighted by Gasteiger charge is 2.39. The van der Waals surface area contributed by atoms with Gasteiger partial charge in [0.2, 0.25) is 0 Å². The average molecular weight is 542 g/mol. The lowest BCUT2D eigenvalue weighted by Gasteiger charge is -2.47. The predicted octanol–water partition coefficient (Wildman–Crippen LogP) is 5.12. The number of hydrogen-bond acceptors (Lipinski definition) is 8. The van der Waals surface area contributed by atoms with Crippen molar-refractivity contribution in [1.82, 2.24) is 29.5 Å². The summed E-state index contributed by atoms with van der Waals surface area (Å²) in [6.45, 7) is 8.86. The number of benzene rings is 2. The van der Waals surface area contributed by atoms with Crippen LogP contribution in [0, 0.1) is 0 Å². The molecule has 0 spiro atoms. The van der Waals surface area contributed by atoms with Gasteiger partial charge in [-0.1, -0.05) is 18.2 Å². The Hall–Kier alpha value is -4.18. The number of ether oxygens (including phenoxy) is 2. The topological polar surface area (TPSA) is 112 Å². The molecule has 6 rings (SSSR count). The van der Waals surface area contributed by atoms with Gasteiger partial charge in [-0.15, -0.1) is 0 Å². The average Bonchev–Trinajstić information content (AvgIpc) is 3.29. The van der Waals surface area contributed by atoms with Gasteiger partial charge in [0.25, 0.3) is 0 Å². The number of rotatable bonds is 5. The van der Waals surface area contributed by atoms with Gasteiger partial charge >= 0.3 is 6.09 Å². The van der Waals surface area contributed by atoms with Crippen molar-refractivity contribution in [3.05, 3.63) is 60.9 Å². The number of nitrogens with two attached hydrogens (primary N) is 1. The van der Waals surface area contributed by atoms with Crippen LogP contribution < -0.4 is 10.5 Å². The van der Waals surface area contributed by atoms with Crippen LogP contribution in [0.5, 0.6) is 11.5 Å². The van der Waals surface area contributed by atoms with E-state index >= 15 is 0 Å². The fraction of sp³-hybridized carbons (Fsp3) is 0.400. The Morgan fingerprint density at radius 3 is 2.40 bits per heavy atom. The number of amides is 1. The molecule has 2 aliphatic rings. The lowest BCUT2D eigenvalue weighted by atomic mass is 10.00. The quantitative estimate of drug-likeness (QED) is 0.370. The zero-order valence-corrected chi connectivity index (χ0v) is 23.2. The molecule has 2 aromatic carbocycles. The van der Waals surface area contributed by atoms with Crippen molar-refractivity contribution in [2.24, 2.45) is 0 Å². The summed E-state index contributed by atoms with van der Waals surface area (Å²) in [6.07, 6.45) is 3.29. The van der Waals surface area contributed by atoms with Crippen LogP contribution in [0.1, 0.15) is 39.7 Å². The van der Waals surface area contributed by atoms with E-state index in [0.29, 0.717) is 24.9 Å². The maximum absolute atomic E-state index is 12.4. The van der Waals surface area contributed by atoms with Crippen LogP contribution in [0.3, 0.4) is 0 Å². The molecule has 4 aromatic rings. The summed E-state index contributed by atoms with van der Waals surface area (Å²) in [5, 5.41) is 5.82. The van der Waals surface area contributed by atoms with Crippen LogP contribution in [0.15, 0.2) is 60.9 Å². The number of likely N-dealkylation sites (tertiary alicyclic amines) is 2. The summed E-state index contributed by atoms with van der Waals surface area (Å²) < 4.78 is 13.5. The Labute approximate surface area is 233 Å². The third-order valence-electron chi connectivity index (χ3n) is 7.43. The van der Waals surface area contributed by atoms with Gasteiger partial charge in [-0.05, 0) is 76.6 Å². The highest BCUT2D eigenvalue weighted by Crippen LogP contribution is 2.35. The molecule has 0 radical (unpaired) electrons. The summed E-state index contributed by atoms with van der Waals surface area (Å²) in [4.78, 5) is 25.5. The van der Waals surface area contributed by atoms with Gasteiger partial charge in [-0.3, -0.25) is 4.90 Å². The predicted molar refractivity (Wildman–Crippen MR) is 153 cm³/mol. The van der Waals surface area contributed by atoms with Crippen LogP contribution in [-0.4, -0.2) is 73.5 Å². The smallest absolute Gasteiger partial charge is 0.410 e. The molecular formula is C30H35N7O3. The fourth-order valence-corrected chi connectivity index (χ4v) is 5.43. The van der Waals surface area contributed by atoms with E-state index < -0.39 is 5.60 Å². The maximum Gasteiger partial charge on any atom is 0.410 e. The lowest BCUT2D eigenvalue weighted by molar-refractivity contribution is -0.0229. The van der Waals surface area contributed by atoms with Crippen molar-refractivity contribution < 1.29 is 14.3 Å². The molecular weight excluding hydrogens is 506 g/mol. The van der Waals surface area contributed by atoms with E-state index in [1.165, 1.54) is 6.33 Å². The van der Waals surface area contributed by atoms with Gasteiger partial charge in [0.05, 0.1) is 11.4 Å². The summed E-state index contributed by atoms with van der Waals surface area (Å²) in [5.41, 5.74) is 8.30. The van der Waals surface area contributed by atoms with Crippen molar-refractivity contribution in [2.75, 3.05) is 31.9 Å². The van der Waals surface area contributed by atoms with Gasteiger partial charge in [-0.2, -0.15) is 5.10 Å². The SMILES string of the molecule is CC(C)(C)OC(=O)N1CC(N2CCC[C@@H](n3nc(-c4ccc(Oc5ccccc5)cc4)c4c(N)ncnc43)C2)C1. The van der Waals surface area contributed by atoms with Crippen molar-refractivity contribution >= 4 is 22.9 Å². The minimum absolute atomic E-state index is 0.135. The summed E-state index contributed by atoms with van der Waals surface area (Å²) in [5.74, 6) is 1.94. The first-order chi connectivity index (χ1) is 19.2. The number of nitrogens with zero attached hydrogens (tertiary/aromatic N) is 6. The van der Waals surface area contributed by atoms with Crippen LogP contribution in [-0.2, 0) is 4.74 Å². The Morgan fingerprint density at radius 1 is 0.950 bits per heavy atom. The third-order valence-corrected chi connectivity index (χ3v) is 7.43. The van der Waals surface area contributed by atoms with Gasteiger partial charge in [0.15, 0.2) is 5.65 Å². The second kappa shape index (κ2) is 10.4. The second-order valence-electron chi connectivity index (χ2n) is 11.5. The second-order valence-corrected chi connectivity index (χ2v) is 11.5. The molecule has 0 aliphatic carbocycles. The molecule has 4 heterocycles. The number of hydrogen-bond donors (Lipinski definition) is 1. The molecule has 10 heteroatoms. The van der Waals surface area contributed by atoms with Crippen molar-refractivity contribution in [1.29, 1.82) is 0 Å². The van der Waals surface area contributed by atoms with Crippen LogP contribution >= 0.6 is 0 Å².